The van der Waals surface area contributed by atoms with Crippen LogP contribution in [0, 0.1) is 5.92 Å². The van der Waals surface area contributed by atoms with Crippen molar-refractivity contribution in [2.75, 3.05) is 26.2 Å². The number of pyridine rings is 1. The fourth-order valence-electron chi connectivity index (χ4n) is 3.49. The second kappa shape index (κ2) is 5.86. The molecule has 2 fully saturated rings. The molecule has 2 aromatic rings. The van der Waals surface area contributed by atoms with E-state index in [1.54, 1.807) is 4.31 Å². The topological polar surface area (TPSA) is 90.1 Å². The van der Waals surface area contributed by atoms with Crippen LogP contribution < -0.4 is 10.9 Å². The fraction of sp³-hybridized carbons (Fsp3) is 0.533. The van der Waals surface area contributed by atoms with Crippen molar-refractivity contribution in [1.29, 1.82) is 0 Å². The lowest BCUT2D eigenvalue weighted by atomic mass is 9.99. The molecule has 3 N–H and O–H groups in total. The lowest BCUT2D eigenvalue weighted by molar-refractivity contribution is 0.449. The van der Waals surface area contributed by atoms with Crippen LogP contribution in [0.2, 0.25) is 0 Å². The van der Waals surface area contributed by atoms with E-state index in [1.165, 1.54) is 5.56 Å². The zero-order valence-electron chi connectivity index (χ0n) is 12.8. The number of aromatic amines is 1. The van der Waals surface area contributed by atoms with Crippen molar-refractivity contribution in [3.8, 4) is 0 Å². The van der Waals surface area contributed by atoms with Gasteiger partial charge in [0, 0.05) is 44.0 Å². The van der Waals surface area contributed by atoms with Gasteiger partial charge in [0.15, 0.2) is 0 Å². The molecule has 1 atom stereocenters. The number of nitrogens with zero attached hydrogens (tertiary/aromatic N) is 2. The summed E-state index contributed by atoms with van der Waals surface area (Å²) in [5.41, 5.74) is 7.87. The molecule has 2 aliphatic heterocycles. The van der Waals surface area contributed by atoms with Crippen molar-refractivity contribution in [3.05, 3.63) is 30.1 Å². The van der Waals surface area contributed by atoms with E-state index in [1.807, 2.05) is 18.5 Å². The number of aromatic nitrogens is 2. The van der Waals surface area contributed by atoms with E-state index in [0.29, 0.717) is 32.1 Å². The zero-order chi connectivity index (χ0) is 15.9. The Balaban J connectivity index is 1.43. The first-order valence-electron chi connectivity index (χ1n) is 7.99. The smallest absolute Gasteiger partial charge is 0.219 e. The Kier molecular flexibility index (Phi) is 3.84. The highest BCUT2D eigenvalue weighted by atomic mass is 32.2. The summed E-state index contributed by atoms with van der Waals surface area (Å²) in [6.07, 6.45) is 5.56. The average molecular weight is 335 g/mol. The number of hydrazine groups is 1. The normalized spacial score (nSPS) is 23.9. The lowest BCUT2D eigenvalue weighted by Gasteiger charge is -2.20. The third kappa shape index (κ3) is 2.87. The molecule has 0 saturated carbocycles. The van der Waals surface area contributed by atoms with E-state index >= 15 is 0 Å². The van der Waals surface area contributed by atoms with Gasteiger partial charge in [-0.15, -0.1) is 0 Å². The second-order valence-electron chi connectivity index (χ2n) is 6.40. The molecular formula is C15H21N5O2S. The Morgan fingerprint density at radius 3 is 2.96 bits per heavy atom. The summed E-state index contributed by atoms with van der Waals surface area (Å²) in [5.74, 6) is 0.366. The van der Waals surface area contributed by atoms with Gasteiger partial charge in [0.25, 0.3) is 0 Å². The molecule has 1 unspecified atom stereocenters. The molecule has 2 aliphatic rings. The molecule has 0 aliphatic carbocycles. The fourth-order valence-corrected chi connectivity index (χ4v) is 5.28. The van der Waals surface area contributed by atoms with Crippen LogP contribution in [-0.2, 0) is 16.4 Å². The molecule has 124 valence electrons. The standard InChI is InChI=1S/C15H21N5O2S/c21-23(22,14-8-18-19-9-14)20-4-2-11(10-20)5-12-6-13-1-3-16-15(13)17-7-12/h1,3,6-7,11,14,18-19H,2,4-5,8-10H2,(H,16,17). The summed E-state index contributed by atoms with van der Waals surface area (Å²) in [5, 5.41) is 0.757. The summed E-state index contributed by atoms with van der Waals surface area (Å²) in [6, 6.07) is 4.15. The number of nitrogens with one attached hydrogen (secondary N) is 3. The predicted octanol–water partition coefficient (Wildman–Crippen LogP) is 0.234. The molecule has 23 heavy (non-hydrogen) atoms. The van der Waals surface area contributed by atoms with Crippen LogP contribution in [0.1, 0.15) is 12.0 Å². The van der Waals surface area contributed by atoms with Crippen LogP contribution in [-0.4, -0.2) is 54.1 Å². The minimum atomic E-state index is -3.20. The molecule has 0 radical (unpaired) electrons. The van der Waals surface area contributed by atoms with Crippen molar-refractivity contribution >= 4 is 21.1 Å². The van der Waals surface area contributed by atoms with Crippen molar-refractivity contribution in [1.82, 2.24) is 25.1 Å². The van der Waals surface area contributed by atoms with Gasteiger partial charge in [-0.1, -0.05) is 0 Å². The highest BCUT2D eigenvalue weighted by Crippen LogP contribution is 2.26. The number of sulfonamides is 1. The summed E-state index contributed by atoms with van der Waals surface area (Å²) in [6.45, 7) is 2.21. The molecule has 0 bridgehead atoms. The maximum Gasteiger partial charge on any atom is 0.219 e. The van der Waals surface area contributed by atoms with Gasteiger partial charge in [-0.25, -0.2) is 17.7 Å². The molecule has 2 aromatic heterocycles. The van der Waals surface area contributed by atoms with Gasteiger partial charge < -0.3 is 4.98 Å². The van der Waals surface area contributed by atoms with Gasteiger partial charge in [-0.05, 0) is 36.5 Å². The SMILES string of the molecule is O=S(=O)(C1CNNC1)N1CCC(Cc2cnc3[nH]ccc3c2)C1. The minimum Gasteiger partial charge on any atom is -0.346 e. The van der Waals surface area contributed by atoms with Gasteiger partial charge in [-0.2, -0.15) is 0 Å². The summed E-state index contributed by atoms with van der Waals surface area (Å²) in [7, 11) is -3.20. The van der Waals surface area contributed by atoms with Gasteiger partial charge in [-0.3, -0.25) is 10.9 Å². The Labute approximate surface area is 135 Å². The van der Waals surface area contributed by atoms with Crippen molar-refractivity contribution in [2.45, 2.75) is 18.1 Å². The average Bonchev–Trinajstić information content (AvgIpc) is 3.28. The molecule has 8 heteroatoms. The molecule has 0 amide bonds. The predicted molar refractivity (Wildman–Crippen MR) is 88.2 cm³/mol. The summed E-state index contributed by atoms with van der Waals surface area (Å²) < 4.78 is 26.9. The molecule has 4 heterocycles. The van der Waals surface area contributed by atoms with Crippen LogP contribution in [0.25, 0.3) is 11.0 Å². The van der Waals surface area contributed by atoms with Gasteiger partial charge >= 0.3 is 0 Å². The van der Waals surface area contributed by atoms with Crippen LogP contribution in [0.15, 0.2) is 24.5 Å². The van der Waals surface area contributed by atoms with E-state index in [2.05, 4.69) is 26.9 Å². The molecule has 0 spiro atoms. The Hall–Kier alpha value is -1.48. The highest BCUT2D eigenvalue weighted by Gasteiger charge is 2.38. The number of rotatable bonds is 4. The van der Waals surface area contributed by atoms with Crippen LogP contribution >= 0.6 is 0 Å². The quantitative estimate of drug-likeness (QED) is 0.744. The monoisotopic (exact) mass is 335 g/mol. The molecule has 7 nitrogen and oxygen atoms in total. The van der Waals surface area contributed by atoms with Crippen LogP contribution in [0.3, 0.4) is 0 Å². The maximum atomic E-state index is 12.6. The minimum absolute atomic E-state index is 0.348. The van der Waals surface area contributed by atoms with Crippen molar-refractivity contribution in [2.24, 2.45) is 5.92 Å². The zero-order valence-corrected chi connectivity index (χ0v) is 13.6. The van der Waals surface area contributed by atoms with E-state index in [9.17, 15) is 8.42 Å². The summed E-state index contributed by atoms with van der Waals surface area (Å²) in [4.78, 5) is 7.50. The van der Waals surface area contributed by atoms with E-state index in [4.69, 9.17) is 0 Å². The van der Waals surface area contributed by atoms with E-state index in [0.717, 1.165) is 23.9 Å². The molecular weight excluding hydrogens is 314 g/mol. The molecule has 2 saturated heterocycles. The van der Waals surface area contributed by atoms with Crippen molar-refractivity contribution in [3.63, 3.8) is 0 Å². The Morgan fingerprint density at radius 2 is 2.13 bits per heavy atom. The number of fused-ring (bicyclic) bond motifs is 1. The molecule has 0 aromatic carbocycles. The second-order valence-corrected chi connectivity index (χ2v) is 8.62. The third-order valence-electron chi connectivity index (χ3n) is 4.80. The number of hydrogen-bond acceptors (Lipinski definition) is 5. The third-order valence-corrected chi connectivity index (χ3v) is 7.02. The summed E-state index contributed by atoms with van der Waals surface area (Å²) >= 11 is 0. The highest BCUT2D eigenvalue weighted by molar-refractivity contribution is 7.89. The van der Waals surface area contributed by atoms with E-state index < -0.39 is 10.0 Å². The number of hydrogen-bond donors (Lipinski definition) is 3. The van der Waals surface area contributed by atoms with Crippen LogP contribution in [0.5, 0.6) is 0 Å². The lowest BCUT2D eigenvalue weighted by Crippen LogP contribution is -2.40. The van der Waals surface area contributed by atoms with Gasteiger partial charge in [0.05, 0.1) is 0 Å². The first-order chi connectivity index (χ1) is 11.1. The largest absolute Gasteiger partial charge is 0.346 e. The Bertz CT molecular complexity index is 797. The Morgan fingerprint density at radius 1 is 1.30 bits per heavy atom. The van der Waals surface area contributed by atoms with Crippen molar-refractivity contribution < 1.29 is 8.42 Å². The maximum absolute atomic E-state index is 12.6. The molecule has 4 rings (SSSR count). The van der Waals surface area contributed by atoms with Gasteiger partial charge in [0.1, 0.15) is 10.9 Å². The van der Waals surface area contributed by atoms with Gasteiger partial charge in [0.2, 0.25) is 10.0 Å². The number of H-pyrrole nitrogens is 1. The first kappa shape index (κ1) is 15.1. The first-order valence-corrected chi connectivity index (χ1v) is 9.50. The van der Waals surface area contributed by atoms with Crippen LogP contribution in [0.4, 0.5) is 0 Å². The van der Waals surface area contributed by atoms with E-state index in [-0.39, 0.29) is 5.25 Å².